The molecular formula is C13H21N3O. The molecule has 1 aromatic heterocycles. The van der Waals surface area contributed by atoms with Crippen molar-refractivity contribution < 1.29 is 4.52 Å². The van der Waals surface area contributed by atoms with Gasteiger partial charge in [0.15, 0.2) is 5.82 Å². The molecule has 17 heavy (non-hydrogen) atoms. The van der Waals surface area contributed by atoms with Gasteiger partial charge in [0.2, 0.25) is 5.89 Å². The predicted octanol–water partition coefficient (Wildman–Crippen LogP) is 2.28. The first-order valence-electron chi connectivity index (χ1n) is 6.65. The standard InChI is InChI=1S/C13H21N3O/c1-12(7-8-12)10-15-11(17-16-10)13(2)6-4-3-5-9(13)14/h9H,3-8,14H2,1-2H3. The largest absolute Gasteiger partial charge is 0.339 e. The van der Waals surface area contributed by atoms with E-state index in [0.717, 1.165) is 24.6 Å². The van der Waals surface area contributed by atoms with Gasteiger partial charge in [-0.25, -0.2) is 0 Å². The van der Waals surface area contributed by atoms with Crippen LogP contribution in [0.4, 0.5) is 0 Å². The third-order valence-electron chi connectivity index (χ3n) is 4.73. The van der Waals surface area contributed by atoms with Crippen molar-refractivity contribution in [1.29, 1.82) is 0 Å². The molecule has 2 unspecified atom stereocenters. The molecule has 0 aromatic carbocycles. The zero-order valence-corrected chi connectivity index (χ0v) is 10.7. The molecule has 0 bridgehead atoms. The molecule has 2 atom stereocenters. The van der Waals surface area contributed by atoms with Crippen molar-refractivity contribution in [3.05, 3.63) is 11.7 Å². The second kappa shape index (κ2) is 3.55. The number of rotatable bonds is 2. The van der Waals surface area contributed by atoms with Crippen LogP contribution >= 0.6 is 0 Å². The van der Waals surface area contributed by atoms with E-state index in [9.17, 15) is 0 Å². The summed E-state index contributed by atoms with van der Waals surface area (Å²) in [6, 6.07) is 0.150. The Bertz CT molecular complexity index is 424. The molecule has 0 saturated heterocycles. The third-order valence-corrected chi connectivity index (χ3v) is 4.73. The number of nitrogens with zero attached hydrogens (tertiary/aromatic N) is 2. The number of hydrogen-bond acceptors (Lipinski definition) is 4. The first kappa shape index (κ1) is 11.2. The fourth-order valence-electron chi connectivity index (χ4n) is 2.74. The van der Waals surface area contributed by atoms with Gasteiger partial charge in [-0.15, -0.1) is 0 Å². The maximum Gasteiger partial charge on any atom is 0.234 e. The maximum atomic E-state index is 6.25. The summed E-state index contributed by atoms with van der Waals surface area (Å²) in [6.45, 7) is 4.37. The Morgan fingerprint density at radius 2 is 2.00 bits per heavy atom. The van der Waals surface area contributed by atoms with Gasteiger partial charge in [0.1, 0.15) is 0 Å². The van der Waals surface area contributed by atoms with Gasteiger partial charge in [0.05, 0.1) is 5.41 Å². The molecular weight excluding hydrogens is 214 g/mol. The highest BCUT2D eigenvalue weighted by Gasteiger charge is 2.46. The molecule has 3 rings (SSSR count). The zero-order valence-electron chi connectivity index (χ0n) is 10.7. The Labute approximate surface area is 102 Å². The zero-order chi connectivity index (χ0) is 12.1. The molecule has 4 heteroatoms. The van der Waals surface area contributed by atoms with Gasteiger partial charge in [0.25, 0.3) is 0 Å². The Morgan fingerprint density at radius 3 is 2.65 bits per heavy atom. The summed E-state index contributed by atoms with van der Waals surface area (Å²) < 4.78 is 5.50. The first-order chi connectivity index (χ1) is 8.05. The number of aromatic nitrogens is 2. The summed E-state index contributed by atoms with van der Waals surface area (Å²) in [5.74, 6) is 1.64. The van der Waals surface area contributed by atoms with Crippen LogP contribution in [0.25, 0.3) is 0 Å². The third kappa shape index (κ3) is 1.69. The molecule has 0 spiro atoms. The SMILES string of the molecule is CC1(c2noc(C3(C)CCCCC3N)n2)CC1. The van der Waals surface area contributed by atoms with Crippen LogP contribution in [0.5, 0.6) is 0 Å². The van der Waals surface area contributed by atoms with E-state index < -0.39 is 0 Å². The van der Waals surface area contributed by atoms with E-state index >= 15 is 0 Å². The summed E-state index contributed by atoms with van der Waals surface area (Å²) >= 11 is 0. The average molecular weight is 235 g/mol. The van der Waals surface area contributed by atoms with Crippen LogP contribution in [-0.2, 0) is 10.8 Å². The Morgan fingerprint density at radius 1 is 1.24 bits per heavy atom. The summed E-state index contributed by atoms with van der Waals surface area (Å²) in [5, 5.41) is 4.16. The quantitative estimate of drug-likeness (QED) is 0.854. The lowest BCUT2D eigenvalue weighted by Gasteiger charge is -2.35. The maximum absolute atomic E-state index is 6.25. The molecule has 0 aliphatic heterocycles. The van der Waals surface area contributed by atoms with E-state index in [2.05, 4.69) is 24.0 Å². The topological polar surface area (TPSA) is 64.9 Å². The second-order valence-corrected chi connectivity index (χ2v) is 6.25. The van der Waals surface area contributed by atoms with Crippen molar-refractivity contribution in [2.75, 3.05) is 0 Å². The van der Waals surface area contributed by atoms with Gasteiger partial charge in [-0.05, 0) is 32.6 Å². The van der Waals surface area contributed by atoms with Crippen LogP contribution < -0.4 is 5.73 Å². The number of hydrogen-bond donors (Lipinski definition) is 1. The Kier molecular flexibility index (Phi) is 2.34. The Balaban J connectivity index is 1.90. The molecule has 0 radical (unpaired) electrons. The van der Waals surface area contributed by atoms with E-state index in [4.69, 9.17) is 10.3 Å². The van der Waals surface area contributed by atoms with Crippen LogP contribution in [-0.4, -0.2) is 16.2 Å². The highest BCUT2D eigenvalue weighted by molar-refractivity contribution is 5.18. The van der Waals surface area contributed by atoms with Crippen molar-refractivity contribution in [2.45, 2.75) is 69.2 Å². The van der Waals surface area contributed by atoms with Crippen molar-refractivity contribution in [1.82, 2.24) is 10.1 Å². The molecule has 94 valence electrons. The van der Waals surface area contributed by atoms with Crippen molar-refractivity contribution >= 4 is 0 Å². The molecule has 2 aliphatic rings. The van der Waals surface area contributed by atoms with Gasteiger partial charge < -0.3 is 10.3 Å². The monoisotopic (exact) mass is 235 g/mol. The molecule has 2 saturated carbocycles. The molecule has 2 aliphatic carbocycles. The Hall–Kier alpha value is -0.900. The summed E-state index contributed by atoms with van der Waals surface area (Å²) in [4.78, 5) is 4.63. The van der Waals surface area contributed by atoms with Gasteiger partial charge in [-0.3, -0.25) is 0 Å². The summed E-state index contributed by atoms with van der Waals surface area (Å²) in [6.07, 6.45) is 6.90. The number of nitrogens with two attached hydrogens (primary N) is 1. The fourth-order valence-corrected chi connectivity index (χ4v) is 2.74. The lowest BCUT2D eigenvalue weighted by Crippen LogP contribution is -2.45. The predicted molar refractivity (Wildman–Crippen MR) is 64.7 cm³/mol. The van der Waals surface area contributed by atoms with Crippen LogP contribution in [0.1, 0.15) is 64.1 Å². The average Bonchev–Trinajstić information content (AvgIpc) is 2.87. The van der Waals surface area contributed by atoms with Crippen LogP contribution in [0.2, 0.25) is 0 Å². The molecule has 2 fully saturated rings. The lowest BCUT2D eigenvalue weighted by atomic mass is 9.72. The van der Waals surface area contributed by atoms with Gasteiger partial charge in [-0.2, -0.15) is 4.98 Å². The minimum Gasteiger partial charge on any atom is -0.339 e. The van der Waals surface area contributed by atoms with Crippen LogP contribution in [0.3, 0.4) is 0 Å². The molecule has 1 heterocycles. The van der Waals surface area contributed by atoms with Gasteiger partial charge >= 0.3 is 0 Å². The highest BCUT2D eigenvalue weighted by atomic mass is 16.5. The van der Waals surface area contributed by atoms with Crippen molar-refractivity contribution in [3.63, 3.8) is 0 Å². The van der Waals surface area contributed by atoms with Gasteiger partial charge in [-0.1, -0.05) is 24.9 Å². The molecule has 0 amide bonds. The summed E-state index contributed by atoms with van der Waals surface area (Å²) in [5.41, 5.74) is 6.31. The normalized spacial score (nSPS) is 35.8. The van der Waals surface area contributed by atoms with Crippen molar-refractivity contribution in [3.8, 4) is 0 Å². The summed E-state index contributed by atoms with van der Waals surface area (Å²) in [7, 11) is 0. The molecule has 4 nitrogen and oxygen atoms in total. The van der Waals surface area contributed by atoms with Gasteiger partial charge in [0, 0.05) is 11.5 Å². The fraction of sp³-hybridized carbons (Fsp3) is 0.846. The lowest BCUT2D eigenvalue weighted by molar-refractivity contribution is 0.202. The van der Waals surface area contributed by atoms with E-state index in [1.54, 1.807) is 0 Å². The van der Waals surface area contributed by atoms with E-state index in [-0.39, 0.29) is 16.9 Å². The highest BCUT2D eigenvalue weighted by Crippen LogP contribution is 2.47. The molecule has 2 N–H and O–H groups in total. The van der Waals surface area contributed by atoms with E-state index in [1.165, 1.54) is 25.7 Å². The van der Waals surface area contributed by atoms with E-state index in [0.29, 0.717) is 0 Å². The van der Waals surface area contributed by atoms with Crippen LogP contribution in [0, 0.1) is 0 Å². The van der Waals surface area contributed by atoms with Crippen LogP contribution in [0.15, 0.2) is 4.52 Å². The minimum absolute atomic E-state index is 0.116. The van der Waals surface area contributed by atoms with Crippen molar-refractivity contribution in [2.24, 2.45) is 5.73 Å². The second-order valence-electron chi connectivity index (χ2n) is 6.25. The molecule has 1 aromatic rings. The minimum atomic E-state index is -0.116. The smallest absolute Gasteiger partial charge is 0.234 e. The first-order valence-corrected chi connectivity index (χ1v) is 6.65. The van der Waals surface area contributed by atoms with E-state index in [1.807, 2.05) is 0 Å².